The lowest BCUT2D eigenvalue weighted by atomic mass is 9.84. The molecule has 0 unspecified atom stereocenters. The highest BCUT2D eigenvalue weighted by Crippen LogP contribution is 2.25. The number of nitrogens with one attached hydrogen (secondary N) is 2. The Balaban J connectivity index is 2.19. The van der Waals surface area contributed by atoms with E-state index in [1.54, 1.807) is 12.1 Å². The second-order valence-electron chi connectivity index (χ2n) is 4.42. The Morgan fingerprint density at radius 2 is 2.00 bits per heavy atom. The van der Waals surface area contributed by atoms with Crippen LogP contribution in [0.1, 0.15) is 19.4 Å². The Bertz CT molecular complexity index is 534. The van der Waals surface area contributed by atoms with Crippen LogP contribution in [0.25, 0.3) is 0 Å². The van der Waals surface area contributed by atoms with Crippen LogP contribution in [0.5, 0.6) is 0 Å². The molecule has 5 nitrogen and oxygen atoms in total. The van der Waals surface area contributed by atoms with E-state index < -0.39 is 5.41 Å². The van der Waals surface area contributed by atoms with Gasteiger partial charge in [0.1, 0.15) is 6.33 Å². The lowest BCUT2D eigenvalue weighted by Crippen LogP contribution is -2.35. The SMILES string of the molecule is CC(C)(C(=O)Nc1ncn[nH]1)c1ccc(Cl)cc1. The summed E-state index contributed by atoms with van der Waals surface area (Å²) in [6.45, 7) is 3.67. The van der Waals surface area contributed by atoms with Crippen LogP contribution < -0.4 is 5.32 Å². The number of hydrogen-bond acceptors (Lipinski definition) is 3. The molecule has 0 bridgehead atoms. The van der Waals surface area contributed by atoms with Crippen LogP contribution in [0.15, 0.2) is 30.6 Å². The number of anilines is 1. The third-order valence-electron chi connectivity index (χ3n) is 2.78. The van der Waals surface area contributed by atoms with E-state index >= 15 is 0 Å². The monoisotopic (exact) mass is 264 g/mol. The predicted octanol–water partition coefficient (Wildman–Crippen LogP) is 2.37. The first-order chi connectivity index (χ1) is 8.50. The zero-order chi connectivity index (χ0) is 13.2. The summed E-state index contributed by atoms with van der Waals surface area (Å²) in [6.07, 6.45) is 1.34. The molecule has 0 fully saturated rings. The maximum absolute atomic E-state index is 12.2. The van der Waals surface area contributed by atoms with E-state index in [4.69, 9.17) is 11.6 Å². The van der Waals surface area contributed by atoms with Crippen LogP contribution >= 0.6 is 11.6 Å². The van der Waals surface area contributed by atoms with Gasteiger partial charge in [-0.2, -0.15) is 10.1 Å². The van der Waals surface area contributed by atoms with E-state index in [9.17, 15) is 4.79 Å². The second-order valence-corrected chi connectivity index (χ2v) is 4.86. The van der Waals surface area contributed by atoms with Crippen molar-refractivity contribution in [3.8, 4) is 0 Å². The summed E-state index contributed by atoms with van der Waals surface area (Å²) >= 11 is 5.83. The Morgan fingerprint density at radius 1 is 1.33 bits per heavy atom. The first-order valence-electron chi connectivity index (χ1n) is 5.43. The van der Waals surface area contributed by atoms with E-state index in [2.05, 4.69) is 20.5 Å². The maximum Gasteiger partial charge on any atom is 0.236 e. The van der Waals surface area contributed by atoms with E-state index in [1.807, 2.05) is 26.0 Å². The van der Waals surface area contributed by atoms with Crippen molar-refractivity contribution in [2.75, 3.05) is 5.32 Å². The number of halogens is 1. The molecule has 0 saturated carbocycles. The van der Waals surface area contributed by atoms with Gasteiger partial charge in [0.15, 0.2) is 0 Å². The van der Waals surface area contributed by atoms with Crippen LogP contribution in [0, 0.1) is 0 Å². The molecule has 2 N–H and O–H groups in total. The summed E-state index contributed by atoms with van der Waals surface area (Å²) in [7, 11) is 0. The number of rotatable bonds is 3. The van der Waals surface area contributed by atoms with Gasteiger partial charge in [0.2, 0.25) is 11.9 Å². The highest BCUT2D eigenvalue weighted by Gasteiger charge is 2.30. The van der Waals surface area contributed by atoms with Gasteiger partial charge in [-0.05, 0) is 31.5 Å². The molecule has 0 aliphatic heterocycles. The number of nitrogens with zero attached hydrogens (tertiary/aromatic N) is 2. The molecule has 94 valence electrons. The summed E-state index contributed by atoms with van der Waals surface area (Å²) < 4.78 is 0. The predicted molar refractivity (Wildman–Crippen MR) is 69.5 cm³/mol. The molecular formula is C12H13ClN4O. The summed E-state index contributed by atoms with van der Waals surface area (Å²) in [4.78, 5) is 16.0. The average molecular weight is 265 g/mol. The fourth-order valence-electron chi connectivity index (χ4n) is 1.53. The molecule has 18 heavy (non-hydrogen) atoms. The number of H-pyrrole nitrogens is 1. The fourth-order valence-corrected chi connectivity index (χ4v) is 1.65. The van der Waals surface area contributed by atoms with E-state index in [0.29, 0.717) is 11.0 Å². The van der Waals surface area contributed by atoms with Gasteiger partial charge in [0.05, 0.1) is 5.41 Å². The molecule has 6 heteroatoms. The minimum Gasteiger partial charge on any atom is -0.294 e. The van der Waals surface area contributed by atoms with Crippen LogP contribution in [0.3, 0.4) is 0 Å². The van der Waals surface area contributed by atoms with Crippen LogP contribution in [0.4, 0.5) is 5.95 Å². The fraction of sp³-hybridized carbons (Fsp3) is 0.250. The molecule has 0 aliphatic rings. The van der Waals surface area contributed by atoms with Gasteiger partial charge in [-0.3, -0.25) is 10.1 Å². The van der Waals surface area contributed by atoms with Gasteiger partial charge in [-0.15, -0.1) is 0 Å². The first kappa shape index (κ1) is 12.6. The average Bonchev–Trinajstić information content (AvgIpc) is 2.82. The van der Waals surface area contributed by atoms with E-state index in [1.165, 1.54) is 6.33 Å². The van der Waals surface area contributed by atoms with Crippen molar-refractivity contribution in [1.82, 2.24) is 15.2 Å². The van der Waals surface area contributed by atoms with Crippen molar-refractivity contribution < 1.29 is 4.79 Å². The van der Waals surface area contributed by atoms with Gasteiger partial charge in [-0.1, -0.05) is 23.7 Å². The van der Waals surface area contributed by atoms with Crippen molar-refractivity contribution in [3.05, 3.63) is 41.2 Å². The normalized spacial score (nSPS) is 11.3. The van der Waals surface area contributed by atoms with E-state index in [0.717, 1.165) is 5.56 Å². The Kier molecular flexibility index (Phi) is 3.34. The van der Waals surface area contributed by atoms with Gasteiger partial charge in [-0.25, -0.2) is 5.10 Å². The van der Waals surface area contributed by atoms with Gasteiger partial charge in [0.25, 0.3) is 0 Å². The molecule has 0 atom stereocenters. The van der Waals surface area contributed by atoms with Crippen molar-refractivity contribution >= 4 is 23.5 Å². The summed E-state index contributed by atoms with van der Waals surface area (Å²) in [5.74, 6) is 0.170. The number of benzene rings is 1. The van der Waals surface area contributed by atoms with Crippen molar-refractivity contribution in [1.29, 1.82) is 0 Å². The highest BCUT2D eigenvalue weighted by molar-refractivity contribution is 6.30. The summed E-state index contributed by atoms with van der Waals surface area (Å²) in [5.41, 5.74) is 0.195. The second kappa shape index (κ2) is 4.78. The molecule has 0 saturated heterocycles. The zero-order valence-corrected chi connectivity index (χ0v) is 10.8. The molecule has 2 aromatic rings. The third-order valence-corrected chi connectivity index (χ3v) is 3.03. The first-order valence-corrected chi connectivity index (χ1v) is 5.81. The van der Waals surface area contributed by atoms with E-state index in [-0.39, 0.29) is 5.91 Å². The third kappa shape index (κ3) is 2.51. The van der Waals surface area contributed by atoms with Crippen molar-refractivity contribution in [2.24, 2.45) is 0 Å². The Labute approximate surface area is 110 Å². The molecule has 2 rings (SSSR count). The number of carbonyl (C=O) groups excluding carboxylic acids is 1. The molecule has 1 heterocycles. The van der Waals surface area contributed by atoms with Gasteiger partial charge in [0, 0.05) is 5.02 Å². The standard InChI is InChI=1S/C12H13ClN4O/c1-12(2,8-3-5-9(13)6-4-8)10(18)16-11-14-7-15-17-11/h3-7H,1-2H3,(H2,14,15,16,17,18). The van der Waals surface area contributed by atoms with Gasteiger partial charge >= 0.3 is 0 Å². The quantitative estimate of drug-likeness (QED) is 0.894. The molecule has 1 aromatic carbocycles. The van der Waals surface area contributed by atoms with Crippen LogP contribution in [-0.2, 0) is 10.2 Å². The molecule has 0 aliphatic carbocycles. The van der Waals surface area contributed by atoms with Gasteiger partial charge < -0.3 is 0 Å². The number of carbonyl (C=O) groups is 1. The number of amides is 1. The molecule has 1 amide bonds. The highest BCUT2D eigenvalue weighted by atomic mass is 35.5. The van der Waals surface area contributed by atoms with Crippen LogP contribution in [0.2, 0.25) is 5.02 Å². The lowest BCUT2D eigenvalue weighted by molar-refractivity contribution is -0.120. The summed E-state index contributed by atoms with van der Waals surface area (Å²) in [5, 5.41) is 9.58. The number of aromatic nitrogens is 3. The molecule has 0 spiro atoms. The largest absolute Gasteiger partial charge is 0.294 e. The van der Waals surface area contributed by atoms with Crippen molar-refractivity contribution in [2.45, 2.75) is 19.3 Å². The smallest absolute Gasteiger partial charge is 0.236 e. The topological polar surface area (TPSA) is 70.7 Å². The van der Waals surface area contributed by atoms with Crippen molar-refractivity contribution in [3.63, 3.8) is 0 Å². The number of aromatic amines is 1. The zero-order valence-electron chi connectivity index (χ0n) is 10.1. The lowest BCUT2D eigenvalue weighted by Gasteiger charge is -2.23. The number of hydrogen-bond donors (Lipinski definition) is 2. The minimum atomic E-state index is -0.683. The van der Waals surface area contributed by atoms with Crippen LogP contribution in [-0.4, -0.2) is 21.1 Å². The Morgan fingerprint density at radius 3 is 2.56 bits per heavy atom. The maximum atomic E-state index is 12.2. The Hall–Kier alpha value is -1.88. The minimum absolute atomic E-state index is 0.165. The molecule has 1 aromatic heterocycles. The molecule has 0 radical (unpaired) electrons. The summed E-state index contributed by atoms with van der Waals surface area (Å²) in [6, 6.07) is 7.20. The molecular weight excluding hydrogens is 252 g/mol.